The summed E-state index contributed by atoms with van der Waals surface area (Å²) in [5.74, 6) is 0.0620. The Balaban J connectivity index is 1.93. The van der Waals surface area contributed by atoms with Crippen molar-refractivity contribution in [1.29, 1.82) is 5.41 Å². The van der Waals surface area contributed by atoms with E-state index in [-0.39, 0.29) is 5.91 Å². The Morgan fingerprint density at radius 3 is 2.56 bits per heavy atom. The highest BCUT2D eigenvalue weighted by Crippen LogP contribution is 2.41. The molecule has 1 amide bonds. The van der Waals surface area contributed by atoms with Gasteiger partial charge in [0.15, 0.2) is 0 Å². The SMILES string of the molecule is Cc1ccc(/C(N)=C/C(=N)c2ccc3c(c2)N(C)C(=O)C3(C)C)cn1. The van der Waals surface area contributed by atoms with Crippen LogP contribution >= 0.6 is 0 Å². The summed E-state index contributed by atoms with van der Waals surface area (Å²) in [7, 11) is 1.77. The lowest BCUT2D eigenvalue weighted by atomic mass is 9.85. The average Bonchev–Trinajstić information content (AvgIpc) is 2.76. The van der Waals surface area contributed by atoms with Crippen molar-refractivity contribution in [2.24, 2.45) is 5.73 Å². The summed E-state index contributed by atoms with van der Waals surface area (Å²) in [5, 5.41) is 8.35. The van der Waals surface area contributed by atoms with Gasteiger partial charge in [-0.1, -0.05) is 12.1 Å². The van der Waals surface area contributed by atoms with Crippen LogP contribution in [-0.4, -0.2) is 23.7 Å². The van der Waals surface area contributed by atoms with Gasteiger partial charge in [-0.2, -0.15) is 0 Å². The van der Waals surface area contributed by atoms with Crippen LogP contribution in [0.3, 0.4) is 0 Å². The van der Waals surface area contributed by atoms with Gasteiger partial charge in [-0.3, -0.25) is 9.78 Å². The van der Waals surface area contributed by atoms with Gasteiger partial charge in [0.25, 0.3) is 0 Å². The molecular weight excluding hydrogens is 312 g/mol. The first-order valence-electron chi connectivity index (χ1n) is 8.13. The lowest BCUT2D eigenvalue weighted by Gasteiger charge is -2.16. The number of nitrogens with two attached hydrogens (primary N) is 1. The van der Waals surface area contributed by atoms with Gasteiger partial charge in [-0.05, 0) is 50.6 Å². The number of likely N-dealkylation sites (N-methyl/N-ethyl adjacent to an activating group) is 1. The highest BCUT2D eigenvalue weighted by Gasteiger charge is 2.42. The van der Waals surface area contributed by atoms with Crippen LogP contribution in [0.4, 0.5) is 5.69 Å². The minimum Gasteiger partial charge on any atom is -0.398 e. The first-order valence-corrected chi connectivity index (χ1v) is 8.13. The third-order valence-corrected chi connectivity index (χ3v) is 4.73. The summed E-state index contributed by atoms with van der Waals surface area (Å²) in [6.45, 7) is 5.76. The van der Waals surface area contributed by atoms with Crippen molar-refractivity contribution in [1.82, 2.24) is 4.98 Å². The number of aryl methyl sites for hydroxylation is 1. The Bertz CT molecular complexity index is 894. The molecule has 0 saturated heterocycles. The number of fused-ring (bicyclic) bond motifs is 1. The zero-order valence-electron chi connectivity index (χ0n) is 14.9. The summed E-state index contributed by atoms with van der Waals surface area (Å²) in [6.07, 6.45) is 3.32. The molecule has 0 radical (unpaired) electrons. The van der Waals surface area contributed by atoms with E-state index in [0.29, 0.717) is 11.4 Å². The Labute approximate surface area is 147 Å². The first-order chi connectivity index (χ1) is 11.7. The quantitative estimate of drug-likeness (QED) is 0.846. The molecule has 5 heteroatoms. The molecule has 1 aliphatic heterocycles. The Kier molecular flexibility index (Phi) is 3.95. The van der Waals surface area contributed by atoms with Crippen molar-refractivity contribution in [3.63, 3.8) is 0 Å². The normalized spacial score (nSPS) is 16.1. The number of aromatic nitrogens is 1. The van der Waals surface area contributed by atoms with Crippen molar-refractivity contribution in [3.8, 4) is 0 Å². The molecule has 5 nitrogen and oxygen atoms in total. The average molecular weight is 334 g/mol. The maximum Gasteiger partial charge on any atom is 0.236 e. The fraction of sp³-hybridized carbons (Fsp3) is 0.250. The third-order valence-electron chi connectivity index (χ3n) is 4.73. The van der Waals surface area contributed by atoms with Gasteiger partial charge in [0.05, 0.1) is 11.1 Å². The Hall–Kier alpha value is -2.95. The van der Waals surface area contributed by atoms with Gasteiger partial charge >= 0.3 is 0 Å². The molecule has 0 saturated carbocycles. The number of carbonyl (C=O) groups excluding carboxylic acids is 1. The number of benzene rings is 1. The lowest BCUT2D eigenvalue weighted by molar-refractivity contribution is -0.121. The number of allylic oxidation sites excluding steroid dienone is 1. The van der Waals surface area contributed by atoms with Crippen LogP contribution in [-0.2, 0) is 10.2 Å². The van der Waals surface area contributed by atoms with Gasteiger partial charge in [0.1, 0.15) is 0 Å². The number of nitrogens with zero attached hydrogens (tertiary/aromatic N) is 2. The number of nitrogens with one attached hydrogen (secondary N) is 1. The van der Waals surface area contributed by atoms with Crippen LogP contribution in [0.2, 0.25) is 0 Å². The first kappa shape index (κ1) is 16.9. The summed E-state index contributed by atoms with van der Waals surface area (Å²) < 4.78 is 0. The van der Waals surface area contributed by atoms with E-state index < -0.39 is 5.41 Å². The van der Waals surface area contributed by atoms with Gasteiger partial charge in [-0.25, -0.2) is 0 Å². The minimum absolute atomic E-state index is 0.0620. The smallest absolute Gasteiger partial charge is 0.236 e. The van der Waals surface area contributed by atoms with Crippen LogP contribution in [0.15, 0.2) is 42.6 Å². The second-order valence-corrected chi connectivity index (χ2v) is 6.92. The van der Waals surface area contributed by atoms with Crippen molar-refractivity contribution >= 4 is 23.0 Å². The number of anilines is 1. The Morgan fingerprint density at radius 2 is 1.92 bits per heavy atom. The molecule has 0 unspecified atom stereocenters. The standard InChI is InChI=1S/C20H22N4O/c1-12-5-6-14(11-23-12)17(22)10-16(21)13-7-8-15-18(9-13)24(4)19(25)20(15,2)3/h5-11,21H,22H2,1-4H3/b17-10-,21-16?. The summed E-state index contributed by atoms with van der Waals surface area (Å²) in [5.41, 5.74) is 10.6. The molecule has 0 fully saturated rings. The van der Waals surface area contributed by atoms with Gasteiger partial charge in [-0.15, -0.1) is 0 Å². The van der Waals surface area contributed by atoms with Gasteiger partial charge in [0.2, 0.25) is 5.91 Å². The van der Waals surface area contributed by atoms with Gasteiger partial charge in [0, 0.05) is 41.4 Å². The summed E-state index contributed by atoms with van der Waals surface area (Å²) in [4.78, 5) is 18.3. The lowest BCUT2D eigenvalue weighted by Crippen LogP contribution is -2.33. The topological polar surface area (TPSA) is 83.1 Å². The van der Waals surface area contributed by atoms with E-state index in [9.17, 15) is 4.79 Å². The second-order valence-electron chi connectivity index (χ2n) is 6.92. The zero-order chi connectivity index (χ0) is 18.4. The second kappa shape index (κ2) is 5.84. The fourth-order valence-corrected chi connectivity index (χ4v) is 3.11. The van der Waals surface area contributed by atoms with Crippen molar-refractivity contribution in [3.05, 3.63) is 65.0 Å². The molecule has 128 valence electrons. The number of rotatable bonds is 3. The number of carbonyl (C=O) groups is 1. The van der Waals surface area contributed by atoms with Crippen LogP contribution < -0.4 is 10.6 Å². The molecule has 3 rings (SSSR count). The van der Waals surface area contributed by atoms with E-state index in [1.54, 1.807) is 24.2 Å². The van der Waals surface area contributed by atoms with E-state index in [1.165, 1.54) is 0 Å². The van der Waals surface area contributed by atoms with E-state index in [0.717, 1.165) is 28.1 Å². The molecule has 1 aromatic heterocycles. The predicted molar refractivity (Wildman–Crippen MR) is 101 cm³/mol. The van der Waals surface area contributed by atoms with Crippen LogP contribution in [0.5, 0.6) is 0 Å². The molecule has 2 aromatic rings. The molecule has 1 aromatic carbocycles. The predicted octanol–water partition coefficient (Wildman–Crippen LogP) is 3.01. The summed E-state index contributed by atoms with van der Waals surface area (Å²) in [6, 6.07) is 9.45. The van der Waals surface area contributed by atoms with E-state index in [2.05, 4.69) is 4.98 Å². The largest absolute Gasteiger partial charge is 0.398 e. The fourth-order valence-electron chi connectivity index (χ4n) is 3.11. The van der Waals surface area contributed by atoms with E-state index >= 15 is 0 Å². The number of hydrogen-bond acceptors (Lipinski definition) is 4. The maximum atomic E-state index is 12.4. The van der Waals surface area contributed by atoms with Crippen molar-refractivity contribution < 1.29 is 4.79 Å². The zero-order valence-corrected chi connectivity index (χ0v) is 14.9. The van der Waals surface area contributed by atoms with Crippen LogP contribution in [0.1, 0.15) is 36.2 Å². The van der Waals surface area contributed by atoms with E-state index in [1.807, 2.05) is 51.1 Å². The number of pyridine rings is 1. The molecular formula is C20H22N4O. The monoisotopic (exact) mass is 334 g/mol. The Morgan fingerprint density at radius 1 is 1.24 bits per heavy atom. The van der Waals surface area contributed by atoms with E-state index in [4.69, 9.17) is 11.1 Å². The molecule has 1 aliphatic rings. The highest BCUT2D eigenvalue weighted by molar-refractivity contribution is 6.13. The van der Waals surface area contributed by atoms with Crippen LogP contribution in [0, 0.1) is 12.3 Å². The number of amides is 1. The number of hydrogen-bond donors (Lipinski definition) is 2. The molecule has 0 aliphatic carbocycles. The van der Waals surface area contributed by atoms with Crippen LogP contribution in [0.25, 0.3) is 5.70 Å². The molecule has 0 bridgehead atoms. The minimum atomic E-state index is -0.534. The highest BCUT2D eigenvalue weighted by atomic mass is 16.2. The van der Waals surface area contributed by atoms with Gasteiger partial charge < -0.3 is 16.0 Å². The maximum absolute atomic E-state index is 12.4. The summed E-state index contributed by atoms with van der Waals surface area (Å²) >= 11 is 0. The molecule has 0 atom stereocenters. The molecule has 25 heavy (non-hydrogen) atoms. The third kappa shape index (κ3) is 2.82. The molecule has 3 N–H and O–H groups in total. The molecule has 2 heterocycles. The van der Waals surface area contributed by atoms with Crippen molar-refractivity contribution in [2.75, 3.05) is 11.9 Å². The molecule has 0 spiro atoms. The van der Waals surface area contributed by atoms with Crippen molar-refractivity contribution in [2.45, 2.75) is 26.2 Å².